The molecule has 166 valence electrons. The van der Waals surface area contributed by atoms with Gasteiger partial charge in [-0.25, -0.2) is 19.3 Å². The summed E-state index contributed by atoms with van der Waals surface area (Å²) in [5.74, 6) is 4.02. The summed E-state index contributed by atoms with van der Waals surface area (Å²) < 4.78 is 14.7. The van der Waals surface area contributed by atoms with Crippen molar-refractivity contribution >= 4 is 46.3 Å². The average Bonchev–Trinajstić information content (AvgIpc) is 2.86. The van der Waals surface area contributed by atoms with Gasteiger partial charge in [0, 0.05) is 39.6 Å². The number of halogens is 1. The van der Waals surface area contributed by atoms with Crippen LogP contribution in [0.5, 0.6) is 0 Å². The van der Waals surface area contributed by atoms with Crippen molar-refractivity contribution in [1.29, 1.82) is 0 Å². The zero-order chi connectivity index (χ0) is 23.1. The van der Waals surface area contributed by atoms with Gasteiger partial charge in [-0.15, -0.1) is 0 Å². The largest absolute Gasteiger partial charge is 0.329 e. The van der Waals surface area contributed by atoms with E-state index in [1.165, 1.54) is 12.1 Å². The minimum Gasteiger partial charge on any atom is -0.329 e. The maximum atomic E-state index is 14.7. The predicted octanol–water partition coefficient (Wildman–Crippen LogP) is 5.40. The lowest BCUT2D eigenvalue weighted by Crippen LogP contribution is -2.20. The van der Waals surface area contributed by atoms with Crippen LogP contribution in [-0.4, -0.2) is 43.1 Å². The van der Waals surface area contributed by atoms with E-state index in [2.05, 4.69) is 0 Å². The molecule has 0 saturated carbocycles. The number of nitrogens with zero attached hydrogens (tertiary/aromatic N) is 7. The molecule has 0 unspecified atom stereocenters. The van der Waals surface area contributed by atoms with Gasteiger partial charge in [0.15, 0.2) is 0 Å². The quantitative estimate of drug-likeness (QED) is 0.362. The molecular formula is C25H24FN7. The number of hydrogen-bond donors (Lipinski definition) is 0. The van der Waals surface area contributed by atoms with Gasteiger partial charge in [0.2, 0.25) is 0 Å². The first-order valence-electron chi connectivity index (χ1n) is 10.6. The number of rotatable bonds is 0. The molecule has 4 heterocycles. The zero-order valence-corrected chi connectivity index (χ0v) is 18.9. The van der Waals surface area contributed by atoms with Gasteiger partial charge in [-0.3, -0.25) is 0 Å². The molecule has 1 aliphatic heterocycles. The van der Waals surface area contributed by atoms with E-state index in [-0.39, 0.29) is 5.82 Å². The van der Waals surface area contributed by atoms with Gasteiger partial charge in [0.05, 0.1) is 0 Å². The van der Waals surface area contributed by atoms with E-state index in [4.69, 9.17) is 15.0 Å². The first-order valence-corrected chi connectivity index (χ1v) is 10.6. The number of pyridine rings is 3. The van der Waals surface area contributed by atoms with Crippen LogP contribution in [0.25, 0.3) is 0 Å². The van der Waals surface area contributed by atoms with Crippen LogP contribution < -0.4 is 19.6 Å². The lowest BCUT2D eigenvalue weighted by atomic mass is 10.2. The van der Waals surface area contributed by atoms with Gasteiger partial charge in [-0.2, -0.15) is 0 Å². The third kappa shape index (κ3) is 3.80. The second kappa shape index (κ2) is 8.05. The summed E-state index contributed by atoms with van der Waals surface area (Å²) in [4.78, 5) is 22.0. The van der Waals surface area contributed by atoms with Crippen LogP contribution in [0.3, 0.4) is 0 Å². The highest BCUT2D eigenvalue weighted by Gasteiger charge is 2.17. The number of aromatic nitrogens is 3. The van der Waals surface area contributed by atoms with Crippen LogP contribution in [0, 0.1) is 5.82 Å². The van der Waals surface area contributed by atoms with E-state index in [0.29, 0.717) is 23.0 Å². The summed E-state index contributed by atoms with van der Waals surface area (Å²) >= 11 is 0. The van der Waals surface area contributed by atoms with Crippen molar-refractivity contribution in [1.82, 2.24) is 15.0 Å². The summed E-state index contributed by atoms with van der Waals surface area (Å²) in [6.07, 6.45) is 0. The summed E-state index contributed by atoms with van der Waals surface area (Å²) in [5, 5.41) is 0. The standard InChI is InChI=1S/C25H24FN7/c1-30-18-14-17(26)15-19(16-18)31(2)21-9-6-11-23(28-21)33(4)25-13-7-12-24(29-25)32(3)22-10-5-8-20(30)27-22/h5-16H,1-4H3. The van der Waals surface area contributed by atoms with E-state index in [1.54, 1.807) is 0 Å². The summed E-state index contributed by atoms with van der Waals surface area (Å²) in [5.41, 5.74) is 1.37. The van der Waals surface area contributed by atoms with Crippen molar-refractivity contribution in [2.24, 2.45) is 0 Å². The lowest BCUT2D eigenvalue weighted by Gasteiger charge is -2.26. The zero-order valence-electron chi connectivity index (χ0n) is 18.9. The number of fused-ring (bicyclic) bond motifs is 8. The van der Waals surface area contributed by atoms with Crippen LogP contribution >= 0.6 is 0 Å². The highest BCUT2D eigenvalue weighted by Crippen LogP contribution is 2.33. The Bertz CT molecular complexity index is 1230. The molecule has 1 aliphatic rings. The second-order valence-electron chi connectivity index (χ2n) is 7.97. The molecule has 0 aliphatic carbocycles. The third-order valence-electron chi connectivity index (χ3n) is 5.86. The molecule has 0 amide bonds. The van der Waals surface area contributed by atoms with Crippen LogP contribution in [-0.2, 0) is 0 Å². The van der Waals surface area contributed by atoms with Crippen LogP contribution in [0.15, 0.2) is 72.8 Å². The Hall–Kier alpha value is -4.20. The van der Waals surface area contributed by atoms with E-state index >= 15 is 0 Å². The first kappa shape index (κ1) is 20.7. The van der Waals surface area contributed by atoms with Crippen molar-refractivity contribution in [3.8, 4) is 0 Å². The van der Waals surface area contributed by atoms with Gasteiger partial charge < -0.3 is 19.6 Å². The normalized spacial score (nSPS) is 13.4. The summed E-state index contributed by atoms with van der Waals surface area (Å²) in [6, 6.07) is 22.3. The third-order valence-corrected chi connectivity index (χ3v) is 5.86. The Morgan fingerprint density at radius 3 is 1.12 bits per heavy atom. The summed E-state index contributed by atoms with van der Waals surface area (Å²) in [6.45, 7) is 0. The second-order valence-corrected chi connectivity index (χ2v) is 7.97. The maximum absolute atomic E-state index is 14.7. The Kier molecular flexibility index (Phi) is 5.05. The highest BCUT2D eigenvalue weighted by atomic mass is 19.1. The van der Waals surface area contributed by atoms with Crippen molar-refractivity contribution in [3.05, 3.63) is 78.6 Å². The minimum atomic E-state index is -0.331. The molecule has 0 spiro atoms. The topological polar surface area (TPSA) is 51.6 Å². The molecule has 0 radical (unpaired) electrons. The van der Waals surface area contributed by atoms with Gasteiger partial charge in [-0.05, 0) is 54.6 Å². The smallest absolute Gasteiger partial charge is 0.136 e. The molecule has 3 aromatic heterocycles. The molecule has 7 nitrogen and oxygen atoms in total. The first-order chi connectivity index (χ1) is 15.9. The number of hydrogen-bond acceptors (Lipinski definition) is 7. The van der Waals surface area contributed by atoms with Gasteiger partial charge in [-0.1, -0.05) is 18.2 Å². The Balaban J connectivity index is 1.73. The SMILES string of the molecule is CN1c2cc(F)cc(c2)N(C)c2cccc(n2)N(C)c2cccc(n2)N(C)c2cccc1n2. The van der Waals surface area contributed by atoms with E-state index in [0.717, 1.165) is 23.3 Å². The average molecular weight is 442 g/mol. The van der Waals surface area contributed by atoms with Crippen LogP contribution in [0.1, 0.15) is 0 Å². The molecule has 5 rings (SSSR count). The fourth-order valence-electron chi connectivity index (χ4n) is 3.80. The lowest BCUT2D eigenvalue weighted by molar-refractivity contribution is 0.628. The maximum Gasteiger partial charge on any atom is 0.136 e. The van der Waals surface area contributed by atoms with Crippen LogP contribution in [0.4, 0.5) is 50.7 Å². The minimum absolute atomic E-state index is 0.331. The molecule has 1 aromatic carbocycles. The fourth-order valence-corrected chi connectivity index (χ4v) is 3.80. The molecule has 0 N–H and O–H groups in total. The van der Waals surface area contributed by atoms with Crippen LogP contribution in [0.2, 0.25) is 0 Å². The Morgan fingerprint density at radius 1 is 0.485 bits per heavy atom. The van der Waals surface area contributed by atoms with Gasteiger partial charge >= 0.3 is 0 Å². The molecule has 0 saturated heterocycles. The van der Waals surface area contributed by atoms with E-state index in [1.807, 2.05) is 108 Å². The van der Waals surface area contributed by atoms with Crippen molar-refractivity contribution in [3.63, 3.8) is 0 Å². The Morgan fingerprint density at radius 2 is 0.788 bits per heavy atom. The molecule has 4 aromatic rings. The highest BCUT2D eigenvalue weighted by molar-refractivity contribution is 5.71. The molecule has 33 heavy (non-hydrogen) atoms. The molecule has 8 heteroatoms. The fraction of sp³-hybridized carbons (Fsp3) is 0.160. The van der Waals surface area contributed by atoms with Crippen molar-refractivity contribution < 1.29 is 4.39 Å². The van der Waals surface area contributed by atoms with Crippen molar-refractivity contribution in [2.75, 3.05) is 47.8 Å². The van der Waals surface area contributed by atoms with Gasteiger partial charge in [0.1, 0.15) is 40.7 Å². The number of benzene rings is 1. The van der Waals surface area contributed by atoms with Gasteiger partial charge in [0.25, 0.3) is 0 Å². The Labute approximate surface area is 192 Å². The summed E-state index contributed by atoms with van der Waals surface area (Å²) in [7, 11) is 7.60. The van der Waals surface area contributed by atoms with E-state index < -0.39 is 0 Å². The monoisotopic (exact) mass is 441 g/mol. The molecule has 8 bridgehead atoms. The van der Waals surface area contributed by atoms with Crippen molar-refractivity contribution in [2.45, 2.75) is 0 Å². The van der Waals surface area contributed by atoms with E-state index in [9.17, 15) is 4.39 Å². The molecular weight excluding hydrogens is 417 g/mol. The number of anilines is 8. The molecule has 0 atom stereocenters. The predicted molar refractivity (Wildman–Crippen MR) is 131 cm³/mol. The molecule has 0 fully saturated rings.